The van der Waals surface area contributed by atoms with Gasteiger partial charge in [0, 0.05) is 0 Å². The fraction of sp³-hybridized carbons (Fsp3) is 0.174. The summed E-state index contributed by atoms with van der Waals surface area (Å²) in [5, 5.41) is 0. The number of hydrogen-bond acceptors (Lipinski definition) is 3. The van der Waals surface area contributed by atoms with Gasteiger partial charge in [-0.05, 0) is 0 Å². The van der Waals surface area contributed by atoms with E-state index in [1.54, 1.807) is 36.4 Å². The molecule has 0 spiro atoms. The van der Waals surface area contributed by atoms with Crippen LogP contribution in [0.5, 0.6) is 5.75 Å². The van der Waals surface area contributed by atoms with E-state index in [0.717, 1.165) is 17.3 Å². The molecule has 0 aliphatic carbocycles. The third kappa shape index (κ3) is 4.79. The van der Waals surface area contributed by atoms with E-state index in [4.69, 9.17) is 4.74 Å². The fourth-order valence-electron chi connectivity index (χ4n) is 2.56. The average Bonchev–Trinajstić information content (AvgIpc) is 2.74. The molecule has 4 heteroatoms. The molecule has 0 N–H and O–H groups in total. The van der Waals surface area contributed by atoms with Crippen molar-refractivity contribution in [2.75, 3.05) is 0 Å². The van der Waals surface area contributed by atoms with Gasteiger partial charge in [-0.2, -0.15) is 0 Å². The topological polar surface area (TPSA) is 43.4 Å². The van der Waals surface area contributed by atoms with E-state index in [0.29, 0.717) is 15.8 Å². The molecule has 3 nitrogen and oxygen atoms in total. The van der Waals surface area contributed by atoms with E-state index in [-0.39, 0.29) is 0 Å². The van der Waals surface area contributed by atoms with Crippen molar-refractivity contribution in [1.29, 1.82) is 0 Å². The molecule has 0 saturated carbocycles. The first-order valence-electron chi connectivity index (χ1n) is 8.92. The van der Waals surface area contributed by atoms with Gasteiger partial charge in [0.25, 0.3) is 0 Å². The van der Waals surface area contributed by atoms with Gasteiger partial charge in [0.05, 0.1) is 0 Å². The first-order valence-corrected chi connectivity index (χ1v) is 10.4. The molecule has 0 bridgehead atoms. The zero-order valence-electron chi connectivity index (χ0n) is 15.4. The van der Waals surface area contributed by atoms with E-state index in [9.17, 15) is 8.66 Å². The summed E-state index contributed by atoms with van der Waals surface area (Å²) in [4.78, 5) is 12.3. The number of esters is 1. The molecule has 0 aromatic heterocycles. The summed E-state index contributed by atoms with van der Waals surface area (Å²) in [6, 6.07) is 22.0. The number of carbonyl (C=O) groups is 1. The molecule has 0 heterocycles. The first-order chi connectivity index (χ1) is 13.1. The normalized spacial score (nSPS) is 11.1. The van der Waals surface area contributed by atoms with Crippen LogP contribution in [0, 0.1) is 0 Å². The van der Waals surface area contributed by atoms with Crippen molar-refractivity contribution in [3.05, 3.63) is 89.5 Å². The Bertz CT molecular complexity index is 927. The number of benzene rings is 3. The van der Waals surface area contributed by atoms with Gasteiger partial charge < -0.3 is 0 Å². The van der Waals surface area contributed by atoms with Gasteiger partial charge in [0.15, 0.2) is 0 Å². The van der Waals surface area contributed by atoms with Gasteiger partial charge in [-0.3, -0.25) is 0 Å². The van der Waals surface area contributed by atoms with E-state index in [1.165, 1.54) is 11.1 Å². The van der Waals surface area contributed by atoms with Crippen molar-refractivity contribution in [3.8, 4) is 5.75 Å². The summed E-state index contributed by atoms with van der Waals surface area (Å²) in [6.45, 7) is 4.16. The summed E-state index contributed by atoms with van der Waals surface area (Å²) in [6.07, 6.45) is 1.89. The maximum absolute atomic E-state index is 12.7. The Kier molecular flexibility index (Phi) is 6.32. The SMILES string of the molecule is CCc1ccc(OC(=O)c2cc[c]([Co](=[O])[c]3ccc(CC)cc3)cc2)cc1. The van der Waals surface area contributed by atoms with Crippen LogP contribution in [0.25, 0.3) is 0 Å². The van der Waals surface area contributed by atoms with Gasteiger partial charge in [0.2, 0.25) is 0 Å². The molecular weight excluding hydrogens is 383 g/mol. The molecule has 0 amide bonds. The van der Waals surface area contributed by atoms with E-state index in [2.05, 4.69) is 13.8 Å². The molecule has 3 aromatic rings. The molecule has 3 rings (SSSR count). The van der Waals surface area contributed by atoms with Crippen LogP contribution >= 0.6 is 0 Å². The molecule has 0 unspecified atom stereocenters. The number of aryl methyl sites for hydroxylation is 2. The zero-order chi connectivity index (χ0) is 19.2. The molecule has 0 saturated heterocycles. The molecule has 0 radical (unpaired) electrons. The molecule has 0 aliphatic heterocycles. The van der Waals surface area contributed by atoms with Gasteiger partial charge in [-0.1, -0.05) is 0 Å². The third-order valence-electron chi connectivity index (χ3n) is 4.26. The number of rotatable bonds is 6. The Morgan fingerprint density at radius 3 is 1.67 bits per heavy atom. The Morgan fingerprint density at radius 2 is 1.19 bits per heavy atom. The van der Waals surface area contributed by atoms with Gasteiger partial charge >= 0.3 is 164 Å². The zero-order valence-corrected chi connectivity index (χ0v) is 16.4. The molecule has 27 heavy (non-hydrogen) atoms. The fourth-order valence-corrected chi connectivity index (χ4v) is 3.89. The number of hydrogen-bond donors (Lipinski definition) is 0. The second-order valence-corrected chi connectivity index (χ2v) is 7.93. The van der Waals surface area contributed by atoms with E-state index in [1.807, 2.05) is 36.4 Å². The van der Waals surface area contributed by atoms with Crippen molar-refractivity contribution in [3.63, 3.8) is 0 Å². The quantitative estimate of drug-likeness (QED) is 0.461. The summed E-state index contributed by atoms with van der Waals surface area (Å²) in [5.41, 5.74) is 2.84. The van der Waals surface area contributed by atoms with E-state index < -0.39 is 19.6 Å². The molecule has 141 valence electrons. The molecule has 0 aliphatic rings. The van der Waals surface area contributed by atoms with Crippen LogP contribution in [0.3, 0.4) is 0 Å². The molecular formula is C23H22CoO3. The minimum absolute atomic E-state index is 0.423. The summed E-state index contributed by atoms with van der Waals surface area (Å²) in [5.74, 6) is 0.0938. The van der Waals surface area contributed by atoms with Crippen LogP contribution < -0.4 is 13.7 Å². The van der Waals surface area contributed by atoms with Crippen molar-refractivity contribution < 1.29 is 27.0 Å². The first kappa shape index (κ1) is 19.2. The third-order valence-corrected chi connectivity index (χ3v) is 6.05. The van der Waals surface area contributed by atoms with Crippen molar-refractivity contribution in [2.45, 2.75) is 26.7 Å². The summed E-state index contributed by atoms with van der Waals surface area (Å²) in [7, 11) is 0. The molecule has 0 atom stereocenters. The minimum atomic E-state index is -1.65. The van der Waals surface area contributed by atoms with Crippen molar-refractivity contribution in [2.24, 2.45) is 0 Å². The van der Waals surface area contributed by atoms with Crippen LogP contribution in [0.1, 0.15) is 35.3 Å². The standard InChI is InChI=1S/C15H13O2.C8H9.Co.O/c1-2-12-8-10-14(11-9-12)17-15(16)13-6-4-3-5-7-13;1-2-8-6-4-3-5-7-8;;/h4-11H,2H2,1H3;4-7H,2H2,1H3;;. The Hall–Kier alpha value is -2.56. The molecule has 0 fully saturated rings. The summed E-state index contributed by atoms with van der Waals surface area (Å²) >= 11 is -1.65. The van der Waals surface area contributed by atoms with Crippen molar-refractivity contribution in [1.82, 2.24) is 0 Å². The molecule has 3 aromatic carbocycles. The van der Waals surface area contributed by atoms with Gasteiger partial charge in [-0.15, -0.1) is 0 Å². The predicted molar refractivity (Wildman–Crippen MR) is 103 cm³/mol. The summed E-state index contributed by atoms with van der Waals surface area (Å²) < 4.78 is 19.6. The number of carbonyl (C=O) groups excluding carboxylic acids is 1. The van der Waals surface area contributed by atoms with Crippen LogP contribution in [0.4, 0.5) is 0 Å². The van der Waals surface area contributed by atoms with Gasteiger partial charge in [0.1, 0.15) is 0 Å². The van der Waals surface area contributed by atoms with Crippen LogP contribution in [0.2, 0.25) is 0 Å². The average molecular weight is 405 g/mol. The second kappa shape index (κ2) is 8.89. The predicted octanol–water partition coefficient (Wildman–Crippen LogP) is 3.95. The Balaban J connectivity index is 1.69. The van der Waals surface area contributed by atoms with Crippen LogP contribution in [-0.4, -0.2) is 5.97 Å². The van der Waals surface area contributed by atoms with Gasteiger partial charge in [-0.25, -0.2) is 0 Å². The monoisotopic (exact) mass is 405 g/mol. The maximum atomic E-state index is 12.7. The Labute approximate surface area is 164 Å². The second-order valence-electron chi connectivity index (χ2n) is 6.04. The van der Waals surface area contributed by atoms with Crippen molar-refractivity contribution >= 4 is 15.0 Å². The van der Waals surface area contributed by atoms with Crippen LogP contribution in [0.15, 0.2) is 72.8 Å². The Morgan fingerprint density at radius 1 is 0.741 bits per heavy atom. The number of ether oxygens (including phenoxy) is 1. The van der Waals surface area contributed by atoms with E-state index >= 15 is 0 Å². The van der Waals surface area contributed by atoms with Crippen LogP contribution in [-0.2, 0) is 30.3 Å².